The Bertz CT molecular complexity index is 647. The van der Waals surface area contributed by atoms with E-state index in [0.29, 0.717) is 0 Å². The Morgan fingerprint density at radius 2 is 1.50 bits per heavy atom. The molecule has 0 heterocycles. The molecule has 1 aliphatic carbocycles. The summed E-state index contributed by atoms with van der Waals surface area (Å²) in [6, 6.07) is 17.5. The van der Waals surface area contributed by atoms with Crippen LogP contribution in [0.1, 0.15) is 35.1 Å². The smallest absolute Gasteiger partial charge is 0.0261 e. The highest BCUT2D eigenvalue weighted by Gasteiger charge is 2.36. The van der Waals surface area contributed by atoms with Gasteiger partial charge in [0.1, 0.15) is 0 Å². The largest absolute Gasteiger partial charge is 0.320 e. The van der Waals surface area contributed by atoms with Crippen LogP contribution < -0.4 is 5.32 Å². The molecule has 1 N–H and O–H groups in total. The van der Waals surface area contributed by atoms with Crippen LogP contribution in [0.15, 0.2) is 61.2 Å². The third kappa shape index (κ3) is 2.42. The highest BCUT2D eigenvalue weighted by molar-refractivity contribution is 5.77. The number of fused-ring (bicyclic) bond motifs is 2. The molecule has 0 bridgehead atoms. The molecule has 0 saturated carbocycles. The van der Waals surface area contributed by atoms with Gasteiger partial charge in [-0.25, -0.2) is 0 Å². The molecule has 0 aliphatic heterocycles. The predicted molar refractivity (Wildman–Crippen MR) is 95.9 cm³/mol. The molecule has 1 heteroatoms. The second-order valence-electron chi connectivity index (χ2n) is 5.94. The zero-order chi connectivity index (χ0) is 15.4. The van der Waals surface area contributed by atoms with Crippen molar-refractivity contribution in [3.8, 4) is 0 Å². The lowest BCUT2D eigenvalue weighted by molar-refractivity contribution is 0.466. The summed E-state index contributed by atoms with van der Waals surface area (Å²) in [5.41, 5.74) is 5.44. The average Bonchev–Trinajstić information content (AvgIpc) is 2.70. The van der Waals surface area contributed by atoms with Crippen molar-refractivity contribution < 1.29 is 0 Å². The van der Waals surface area contributed by atoms with Gasteiger partial charge in [0.25, 0.3) is 0 Å². The number of rotatable bonds is 5. The van der Waals surface area contributed by atoms with E-state index in [1.54, 1.807) is 0 Å². The summed E-state index contributed by atoms with van der Waals surface area (Å²) in [4.78, 5) is 0. The zero-order valence-electron chi connectivity index (χ0n) is 13.2. The Morgan fingerprint density at radius 1 is 0.955 bits per heavy atom. The highest BCUT2D eigenvalue weighted by atomic mass is 14.8. The van der Waals surface area contributed by atoms with E-state index < -0.39 is 0 Å². The Morgan fingerprint density at radius 3 is 2.00 bits per heavy atom. The lowest BCUT2D eigenvalue weighted by Gasteiger charge is -2.36. The highest BCUT2D eigenvalue weighted by Crippen LogP contribution is 2.44. The van der Waals surface area contributed by atoms with Crippen LogP contribution in [0.5, 0.6) is 0 Å². The van der Waals surface area contributed by atoms with E-state index in [4.69, 9.17) is 0 Å². The van der Waals surface area contributed by atoms with Crippen molar-refractivity contribution >= 4 is 12.2 Å². The number of allylic oxidation sites excluding steroid dienone is 1. The second-order valence-corrected chi connectivity index (χ2v) is 5.94. The third-order valence-electron chi connectivity index (χ3n) is 4.69. The first-order chi connectivity index (χ1) is 10.8. The van der Waals surface area contributed by atoms with Gasteiger partial charge in [-0.15, -0.1) is 6.58 Å². The molecule has 1 aliphatic rings. The van der Waals surface area contributed by atoms with Crippen LogP contribution in [0, 0.1) is 0 Å². The Hall–Kier alpha value is -2.12. The van der Waals surface area contributed by atoms with Gasteiger partial charge in [-0.2, -0.15) is 0 Å². The number of hydrogen-bond acceptors (Lipinski definition) is 1. The van der Waals surface area contributed by atoms with Gasteiger partial charge in [-0.05, 0) is 48.7 Å². The van der Waals surface area contributed by atoms with Gasteiger partial charge in [-0.3, -0.25) is 0 Å². The van der Waals surface area contributed by atoms with Gasteiger partial charge in [0.15, 0.2) is 0 Å². The maximum atomic E-state index is 4.04. The van der Waals surface area contributed by atoms with E-state index in [-0.39, 0.29) is 5.41 Å². The first-order valence-electron chi connectivity index (χ1n) is 7.94. The summed E-state index contributed by atoms with van der Waals surface area (Å²) in [5.74, 6) is 0. The van der Waals surface area contributed by atoms with Crippen molar-refractivity contribution in [3.63, 3.8) is 0 Å². The summed E-state index contributed by atoms with van der Waals surface area (Å²) in [6.45, 7) is 5.03. The molecule has 0 aromatic heterocycles. The minimum atomic E-state index is -0.0125. The van der Waals surface area contributed by atoms with Gasteiger partial charge in [0, 0.05) is 5.41 Å². The number of hydrogen-bond donors (Lipinski definition) is 1. The zero-order valence-corrected chi connectivity index (χ0v) is 13.2. The Labute approximate surface area is 133 Å². The van der Waals surface area contributed by atoms with Crippen molar-refractivity contribution in [2.75, 3.05) is 13.6 Å². The molecule has 22 heavy (non-hydrogen) atoms. The minimum absolute atomic E-state index is 0.0125. The molecule has 0 unspecified atom stereocenters. The third-order valence-corrected chi connectivity index (χ3v) is 4.69. The fraction of sp³-hybridized carbons (Fsp3) is 0.238. The van der Waals surface area contributed by atoms with Crippen molar-refractivity contribution in [2.24, 2.45) is 0 Å². The molecule has 0 saturated heterocycles. The lowest BCUT2D eigenvalue weighted by atomic mass is 9.68. The molecule has 0 amide bonds. The Balaban J connectivity index is 2.28. The van der Waals surface area contributed by atoms with E-state index in [1.807, 2.05) is 7.05 Å². The first kappa shape index (κ1) is 14.8. The molecule has 0 atom stereocenters. The van der Waals surface area contributed by atoms with E-state index in [1.165, 1.54) is 22.3 Å². The molecule has 1 nitrogen and oxygen atoms in total. The van der Waals surface area contributed by atoms with Crippen LogP contribution in [0.25, 0.3) is 12.2 Å². The predicted octanol–water partition coefficient (Wildman–Crippen LogP) is 4.64. The van der Waals surface area contributed by atoms with Gasteiger partial charge < -0.3 is 5.32 Å². The SMILES string of the molecule is C=CCC1(CCNC)c2ccccc2C=Cc2ccccc21. The summed E-state index contributed by atoms with van der Waals surface area (Å²) < 4.78 is 0. The summed E-state index contributed by atoms with van der Waals surface area (Å²) in [6.07, 6.45) is 8.57. The molecule has 112 valence electrons. The minimum Gasteiger partial charge on any atom is -0.320 e. The summed E-state index contributed by atoms with van der Waals surface area (Å²) in [7, 11) is 2.02. The van der Waals surface area contributed by atoms with E-state index in [9.17, 15) is 0 Å². The summed E-state index contributed by atoms with van der Waals surface area (Å²) in [5, 5.41) is 3.33. The van der Waals surface area contributed by atoms with Gasteiger partial charge >= 0.3 is 0 Å². The van der Waals surface area contributed by atoms with E-state index in [2.05, 4.69) is 78.7 Å². The van der Waals surface area contributed by atoms with Crippen LogP contribution >= 0.6 is 0 Å². The van der Waals surface area contributed by atoms with Crippen LogP contribution in [0.3, 0.4) is 0 Å². The maximum Gasteiger partial charge on any atom is 0.0261 e. The fourth-order valence-electron chi connectivity index (χ4n) is 3.66. The molecular formula is C21H23N. The molecule has 0 radical (unpaired) electrons. The van der Waals surface area contributed by atoms with Crippen molar-refractivity contribution in [1.82, 2.24) is 5.32 Å². The van der Waals surface area contributed by atoms with Crippen molar-refractivity contribution in [3.05, 3.63) is 83.4 Å². The Kier molecular flexibility index (Phi) is 4.26. The van der Waals surface area contributed by atoms with Gasteiger partial charge in [-0.1, -0.05) is 66.8 Å². The quantitative estimate of drug-likeness (QED) is 0.791. The van der Waals surface area contributed by atoms with Crippen LogP contribution in [0.4, 0.5) is 0 Å². The number of nitrogens with one attached hydrogen (secondary N) is 1. The topological polar surface area (TPSA) is 12.0 Å². The molecule has 2 aromatic carbocycles. The van der Waals surface area contributed by atoms with Crippen LogP contribution in [0.2, 0.25) is 0 Å². The van der Waals surface area contributed by atoms with Crippen LogP contribution in [-0.4, -0.2) is 13.6 Å². The molecular weight excluding hydrogens is 266 g/mol. The average molecular weight is 289 g/mol. The molecule has 3 rings (SSSR count). The first-order valence-corrected chi connectivity index (χ1v) is 7.94. The lowest BCUT2D eigenvalue weighted by Crippen LogP contribution is -2.32. The van der Waals surface area contributed by atoms with Crippen molar-refractivity contribution in [1.29, 1.82) is 0 Å². The van der Waals surface area contributed by atoms with E-state index in [0.717, 1.165) is 19.4 Å². The van der Waals surface area contributed by atoms with E-state index >= 15 is 0 Å². The fourth-order valence-corrected chi connectivity index (χ4v) is 3.66. The maximum absolute atomic E-state index is 4.04. The molecule has 0 spiro atoms. The number of benzene rings is 2. The molecule has 0 fully saturated rings. The standard InChI is InChI=1S/C21H23N/c1-3-14-21(15-16-22-2)19-10-6-4-8-17(19)12-13-18-9-5-7-11-20(18)21/h3-13,22H,1,14-16H2,2H3. The second kappa shape index (κ2) is 6.33. The summed E-state index contributed by atoms with van der Waals surface area (Å²) >= 11 is 0. The molecule has 2 aromatic rings. The monoisotopic (exact) mass is 289 g/mol. The van der Waals surface area contributed by atoms with Gasteiger partial charge in [0.2, 0.25) is 0 Å². The van der Waals surface area contributed by atoms with Gasteiger partial charge in [0.05, 0.1) is 0 Å². The van der Waals surface area contributed by atoms with Crippen LogP contribution in [-0.2, 0) is 5.41 Å². The van der Waals surface area contributed by atoms with Crippen molar-refractivity contribution in [2.45, 2.75) is 18.3 Å². The normalized spacial score (nSPS) is 14.8.